The van der Waals surface area contributed by atoms with Crippen LogP contribution in [0, 0.1) is 20.8 Å². The Balaban J connectivity index is 1.79. The molecule has 0 N–H and O–H groups in total. The Morgan fingerprint density at radius 2 is 1.85 bits per heavy atom. The van der Waals surface area contributed by atoms with Gasteiger partial charge >= 0.3 is 0 Å². The van der Waals surface area contributed by atoms with Crippen molar-refractivity contribution in [3.05, 3.63) is 75.6 Å². The van der Waals surface area contributed by atoms with E-state index >= 15 is 0 Å². The van der Waals surface area contributed by atoms with Crippen molar-refractivity contribution in [2.45, 2.75) is 34.0 Å². The summed E-state index contributed by atoms with van der Waals surface area (Å²) in [6, 6.07) is 12.1. The lowest BCUT2D eigenvalue weighted by molar-refractivity contribution is 0.176. The summed E-state index contributed by atoms with van der Waals surface area (Å²) < 4.78 is 7.24. The molecule has 4 rings (SSSR count). The molecule has 3 heterocycles. The maximum atomic E-state index is 12.9. The third-order valence-electron chi connectivity index (χ3n) is 4.85. The first-order valence-electron chi connectivity index (χ1n) is 8.70. The average molecular weight is 350 g/mol. The van der Waals surface area contributed by atoms with Crippen molar-refractivity contribution < 1.29 is 4.42 Å². The van der Waals surface area contributed by atoms with Gasteiger partial charge in [0.2, 0.25) is 5.95 Å². The average Bonchev–Trinajstić information content (AvgIpc) is 3.14. The number of hydrogen-bond acceptors (Lipinski definition) is 5. The van der Waals surface area contributed by atoms with Crippen molar-refractivity contribution in [3.63, 3.8) is 0 Å². The number of benzene rings is 1. The number of furan rings is 1. The van der Waals surface area contributed by atoms with Crippen LogP contribution < -0.4 is 10.5 Å². The first-order chi connectivity index (χ1) is 12.5. The minimum absolute atomic E-state index is 0.00811. The molecule has 0 atom stereocenters. The highest BCUT2D eigenvalue weighted by Crippen LogP contribution is 2.28. The van der Waals surface area contributed by atoms with E-state index in [2.05, 4.69) is 41.0 Å². The quantitative estimate of drug-likeness (QED) is 0.725. The van der Waals surface area contributed by atoms with E-state index in [1.54, 1.807) is 10.8 Å². The first kappa shape index (κ1) is 16.6. The van der Waals surface area contributed by atoms with Crippen LogP contribution in [-0.4, -0.2) is 21.1 Å². The summed E-state index contributed by atoms with van der Waals surface area (Å²) in [5.74, 6) is 1.57. The van der Waals surface area contributed by atoms with E-state index in [1.807, 2.05) is 26.0 Å². The largest absolute Gasteiger partial charge is 0.468 e. The van der Waals surface area contributed by atoms with Crippen molar-refractivity contribution >= 4 is 11.6 Å². The van der Waals surface area contributed by atoms with Gasteiger partial charge in [0.15, 0.2) is 0 Å². The summed E-state index contributed by atoms with van der Waals surface area (Å²) in [6.07, 6.45) is 1.67. The van der Waals surface area contributed by atoms with E-state index in [0.29, 0.717) is 31.4 Å². The van der Waals surface area contributed by atoms with E-state index in [-0.39, 0.29) is 5.56 Å². The van der Waals surface area contributed by atoms with E-state index in [1.165, 1.54) is 5.56 Å². The molecule has 1 aliphatic rings. The predicted molar refractivity (Wildman–Crippen MR) is 100 cm³/mol. The number of nitrogens with zero attached hydrogens (tertiary/aromatic N) is 4. The lowest BCUT2D eigenvalue weighted by Gasteiger charge is -2.38. The predicted octanol–water partition coefficient (Wildman–Crippen LogP) is 3.33. The Kier molecular flexibility index (Phi) is 4.12. The van der Waals surface area contributed by atoms with E-state index in [4.69, 9.17) is 9.40 Å². The fourth-order valence-corrected chi connectivity index (χ4v) is 3.23. The van der Waals surface area contributed by atoms with Crippen LogP contribution in [-0.2, 0) is 13.2 Å². The second-order valence-electron chi connectivity index (χ2n) is 6.81. The molecule has 0 unspecified atom stereocenters. The highest BCUT2D eigenvalue weighted by atomic mass is 16.3. The number of hydrogen-bond donors (Lipinski definition) is 0. The van der Waals surface area contributed by atoms with Gasteiger partial charge in [0.05, 0.1) is 26.1 Å². The maximum absolute atomic E-state index is 12.9. The second-order valence-corrected chi connectivity index (χ2v) is 6.81. The Bertz CT molecular complexity index is 974. The molecule has 0 bridgehead atoms. The number of anilines is 2. The molecule has 26 heavy (non-hydrogen) atoms. The molecule has 1 aromatic carbocycles. The molecule has 0 amide bonds. The fourth-order valence-electron chi connectivity index (χ4n) is 3.23. The van der Waals surface area contributed by atoms with Gasteiger partial charge in [-0.05, 0) is 45.0 Å². The zero-order chi connectivity index (χ0) is 18.3. The highest BCUT2D eigenvalue weighted by molar-refractivity contribution is 5.58. The molecule has 0 radical (unpaired) electrons. The zero-order valence-electron chi connectivity index (χ0n) is 15.3. The molecule has 6 nitrogen and oxygen atoms in total. The topological polar surface area (TPSA) is 54.5 Å². The Hall–Kier alpha value is -2.86. The molecule has 0 saturated heterocycles. The smallest absolute Gasteiger partial charge is 0.259 e. The Labute approximate surface area is 152 Å². The number of aryl methyl sites for hydroxylation is 2. The normalized spacial score (nSPS) is 14.5. The van der Waals surface area contributed by atoms with Gasteiger partial charge in [0.25, 0.3) is 5.56 Å². The first-order valence-corrected chi connectivity index (χ1v) is 8.70. The summed E-state index contributed by atoms with van der Waals surface area (Å²) in [7, 11) is 0. The lowest BCUT2D eigenvalue weighted by Crippen LogP contribution is -2.47. The van der Waals surface area contributed by atoms with Crippen LogP contribution >= 0.6 is 0 Å². The summed E-state index contributed by atoms with van der Waals surface area (Å²) in [5.41, 5.74) is 3.69. The molecule has 134 valence electrons. The third-order valence-corrected chi connectivity index (χ3v) is 4.85. The monoisotopic (exact) mass is 350 g/mol. The second kappa shape index (κ2) is 6.46. The molecule has 6 heteroatoms. The van der Waals surface area contributed by atoms with Crippen LogP contribution in [0.1, 0.15) is 22.6 Å². The molecule has 0 fully saturated rings. The van der Waals surface area contributed by atoms with Gasteiger partial charge < -0.3 is 4.42 Å². The molecule has 1 aliphatic heterocycles. The summed E-state index contributed by atoms with van der Waals surface area (Å²) in [6.45, 7) is 7.55. The summed E-state index contributed by atoms with van der Waals surface area (Å²) >= 11 is 0. The molecule has 0 saturated carbocycles. The third kappa shape index (κ3) is 2.93. The van der Waals surface area contributed by atoms with Crippen LogP contribution in [0.3, 0.4) is 0 Å². The SMILES string of the molecule is Cc1ccc(N2CN(Cc3ccco3)Cn3c2nc(C)c(C)c3=O)cc1. The summed E-state index contributed by atoms with van der Waals surface area (Å²) in [4.78, 5) is 21.8. The molecule has 0 aliphatic carbocycles. The van der Waals surface area contributed by atoms with E-state index < -0.39 is 0 Å². The minimum atomic E-state index is 0.00811. The minimum Gasteiger partial charge on any atom is -0.468 e. The van der Waals surface area contributed by atoms with Gasteiger partial charge in [0.1, 0.15) is 5.76 Å². The molecular weight excluding hydrogens is 328 g/mol. The lowest BCUT2D eigenvalue weighted by atomic mass is 10.2. The van der Waals surface area contributed by atoms with Gasteiger partial charge in [-0.25, -0.2) is 4.98 Å². The van der Waals surface area contributed by atoms with E-state index in [0.717, 1.165) is 17.1 Å². The molecule has 2 aromatic heterocycles. The van der Waals surface area contributed by atoms with Crippen molar-refractivity contribution in [1.82, 2.24) is 14.5 Å². The van der Waals surface area contributed by atoms with Gasteiger partial charge in [-0.15, -0.1) is 0 Å². The number of fused-ring (bicyclic) bond motifs is 1. The van der Waals surface area contributed by atoms with Crippen LogP contribution in [0.4, 0.5) is 11.6 Å². The number of aromatic nitrogens is 2. The van der Waals surface area contributed by atoms with Gasteiger partial charge in [0, 0.05) is 16.9 Å². The Morgan fingerprint density at radius 3 is 2.54 bits per heavy atom. The van der Waals surface area contributed by atoms with Crippen LogP contribution in [0.5, 0.6) is 0 Å². The Morgan fingerprint density at radius 1 is 1.08 bits per heavy atom. The van der Waals surface area contributed by atoms with Crippen LogP contribution in [0.25, 0.3) is 0 Å². The van der Waals surface area contributed by atoms with Crippen molar-refractivity contribution in [2.75, 3.05) is 11.6 Å². The van der Waals surface area contributed by atoms with Gasteiger partial charge in [-0.2, -0.15) is 0 Å². The fraction of sp³-hybridized carbons (Fsp3) is 0.300. The molecule has 3 aromatic rings. The van der Waals surface area contributed by atoms with Crippen molar-refractivity contribution in [1.29, 1.82) is 0 Å². The summed E-state index contributed by atoms with van der Waals surface area (Å²) in [5, 5.41) is 0. The van der Waals surface area contributed by atoms with Gasteiger partial charge in [-0.3, -0.25) is 19.2 Å². The number of rotatable bonds is 3. The van der Waals surface area contributed by atoms with Crippen molar-refractivity contribution in [2.24, 2.45) is 0 Å². The zero-order valence-corrected chi connectivity index (χ0v) is 15.3. The van der Waals surface area contributed by atoms with Crippen LogP contribution in [0.15, 0.2) is 51.9 Å². The standard InChI is InChI=1S/C20H22N4O2/c1-14-6-8-17(9-7-14)23-12-22(11-18-5-4-10-26-18)13-24-19(25)15(2)16(3)21-20(23)24/h4-10H,11-13H2,1-3H3. The van der Waals surface area contributed by atoms with Gasteiger partial charge in [-0.1, -0.05) is 17.7 Å². The van der Waals surface area contributed by atoms with Crippen molar-refractivity contribution in [3.8, 4) is 0 Å². The molecule has 0 spiro atoms. The van der Waals surface area contributed by atoms with E-state index in [9.17, 15) is 4.79 Å². The van der Waals surface area contributed by atoms with Crippen LogP contribution in [0.2, 0.25) is 0 Å². The highest BCUT2D eigenvalue weighted by Gasteiger charge is 2.27. The maximum Gasteiger partial charge on any atom is 0.259 e. The molecular formula is C20H22N4O2.